The van der Waals surface area contributed by atoms with Crippen LogP contribution < -0.4 is 10.0 Å². The average molecular weight is 493 g/mol. The van der Waals surface area contributed by atoms with E-state index in [1.165, 1.54) is 12.1 Å². The largest absolute Gasteiger partial charge is 0.504 e. The van der Waals surface area contributed by atoms with Gasteiger partial charge in [-0.15, -0.1) is 0 Å². The number of aryl methyl sites for hydroxylation is 1. The minimum Gasteiger partial charge on any atom is -0.504 e. The summed E-state index contributed by atoms with van der Waals surface area (Å²) >= 11 is 0. The minimum absolute atomic E-state index is 0.0301. The van der Waals surface area contributed by atoms with Crippen LogP contribution in [0.4, 0.5) is 5.69 Å². The van der Waals surface area contributed by atoms with E-state index in [0.29, 0.717) is 24.1 Å². The summed E-state index contributed by atoms with van der Waals surface area (Å²) in [7, 11) is -3.54. The third-order valence-corrected chi connectivity index (χ3v) is 8.65. The second-order valence-electron chi connectivity index (χ2n) is 9.54. The number of aromatic hydroxyl groups is 2. The number of phenolic OH excluding ortho intramolecular Hbond substituents is 2. The Bertz CT molecular complexity index is 1390. The van der Waals surface area contributed by atoms with E-state index in [1.807, 2.05) is 25.1 Å². The summed E-state index contributed by atoms with van der Waals surface area (Å²) in [5.74, 6) is -0.626. The number of carbonyl (C=O) groups is 1. The number of rotatable bonds is 7. The molecule has 0 spiro atoms. The summed E-state index contributed by atoms with van der Waals surface area (Å²) in [5, 5.41) is 22.5. The minimum atomic E-state index is -3.54. The van der Waals surface area contributed by atoms with Crippen LogP contribution in [0.5, 0.6) is 11.5 Å². The highest BCUT2D eigenvalue weighted by molar-refractivity contribution is 7.89. The molecule has 3 aromatic rings. The van der Waals surface area contributed by atoms with Crippen LogP contribution in [0, 0.1) is 6.92 Å². The Labute approximate surface area is 204 Å². The first-order chi connectivity index (χ1) is 16.7. The molecule has 0 radical (unpaired) electrons. The Balaban J connectivity index is 1.35. The summed E-state index contributed by atoms with van der Waals surface area (Å²) in [5.41, 5.74) is 3.32. The van der Waals surface area contributed by atoms with E-state index in [-0.39, 0.29) is 28.3 Å². The number of amides is 1. The van der Waals surface area contributed by atoms with Crippen molar-refractivity contribution in [2.75, 3.05) is 5.32 Å². The zero-order valence-corrected chi connectivity index (χ0v) is 20.2. The van der Waals surface area contributed by atoms with Gasteiger partial charge in [-0.2, -0.15) is 0 Å². The van der Waals surface area contributed by atoms with Crippen LogP contribution in [0.15, 0.2) is 65.6 Å². The van der Waals surface area contributed by atoms with Crippen molar-refractivity contribution in [2.45, 2.75) is 55.4 Å². The lowest BCUT2D eigenvalue weighted by Gasteiger charge is -2.26. The fourth-order valence-electron chi connectivity index (χ4n) is 4.48. The van der Waals surface area contributed by atoms with Gasteiger partial charge in [0, 0.05) is 11.7 Å². The van der Waals surface area contributed by atoms with Gasteiger partial charge in [-0.3, -0.25) is 4.79 Å². The van der Waals surface area contributed by atoms with Crippen molar-refractivity contribution < 1.29 is 23.4 Å². The molecule has 0 aromatic heterocycles. The van der Waals surface area contributed by atoms with E-state index >= 15 is 0 Å². The highest BCUT2D eigenvalue weighted by Gasteiger charge is 2.51. The molecule has 4 N–H and O–H groups in total. The maximum absolute atomic E-state index is 13.2. The molecule has 2 aliphatic rings. The van der Waals surface area contributed by atoms with Gasteiger partial charge in [0.1, 0.15) is 0 Å². The SMILES string of the molecule is Cc1ccc(NC(=O)C2(c3ccc(O)c(O)c3)CC2)cc1-c1ccc(S(=O)(=O)NC2CCC2)cc1. The summed E-state index contributed by atoms with van der Waals surface area (Å²) in [4.78, 5) is 13.4. The summed E-state index contributed by atoms with van der Waals surface area (Å²) < 4.78 is 27.9. The maximum Gasteiger partial charge on any atom is 0.240 e. The molecule has 0 saturated heterocycles. The lowest BCUT2D eigenvalue weighted by atomic mass is 9.94. The number of hydrogen-bond acceptors (Lipinski definition) is 5. The third-order valence-electron chi connectivity index (χ3n) is 7.11. The van der Waals surface area contributed by atoms with E-state index < -0.39 is 15.4 Å². The molecule has 0 heterocycles. The highest BCUT2D eigenvalue weighted by Crippen LogP contribution is 2.50. The third kappa shape index (κ3) is 4.51. The van der Waals surface area contributed by atoms with E-state index in [1.54, 1.807) is 30.3 Å². The van der Waals surface area contributed by atoms with Crippen LogP contribution in [-0.2, 0) is 20.2 Å². The molecule has 8 heteroatoms. The van der Waals surface area contributed by atoms with Gasteiger partial charge in [0.05, 0.1) is 10.3 Å². The van der Waals surface area contributed by atoms with Crippen molar-refractivity contribution in [3.05, 3.63) is 71.8 Å². The first kappa shape index (κ1) is 23.4. The number of nitrogens with one attached hydrogen (secondary N) is 2. The molecule has 0 bridgehead atoms. The molecule has 2 saturated carbocycles. The molecule has 35 heavy (non-hydrogen) atoms. The second kappa shape index (κ2) is 8.70. The van der Waals surface area contributed by atoms with Crippen LogP contribution in [0.1, 0.15) is 43.2 Å². The number of hydrogen-bond donors (Lipinski definition) is 4. The zero-order valence-electron chi connectivity index (χ0n) is 19.4. The molecule has 0 unspecified atom stereocenters. The smallest absolute Gasteiger partial charge is 0.240 e. The molecule has 0 atom stereocenters. The predicted octanol–water partition coefficient (Wildman–Crippen LogP) is 4.57. The summed E-state index contributed by atoms with van der Waals surface area (Å²) in [6, 6.07) is 17.0. The fraction of sp³-hybridized carbons (Fsp3) is 0.296. The Hall–Kier alpha value is -3.36. The van der Waals surface area contributed by atoms with Gasteiger partial charge >= 0.3 is 0 Å². The van der Waals surface area contributed by atoms with Gasteiger partial charge in [0.2, 0.25) is 15.9 Å². The first-order valence-electron chi connectivity index (χ1n) is 11.8. The number of carbonyl (C=O) groups excluding carboxylic acids is 1. The van der Waals surface area contributed by atoms with Crippen molar-refractivity contribution in [3.63, 3.8) is 0 Å². The van der Waals surface area contributed by atoms with Gasteiger partial charge in [0.25, 0.3) is 0 Å². The van der Waals surface area contributed by atoms with Crippen LogP contribution >= 0.6 is 0 Å². The van der Waals surface area contributed by atoms with Crippen LogP contribution in [0.3, 0.4) is 0 Å². The standard InChI is InChI=1S/C27H28N2O5S/c1-17-5-9-21(28-26(32)27(13-14-27)19-8-12-24(30)25(31)15-19)16-23(17)18-6-10-22(11-7-18)35(33,34)29-20-3-2-4-20/h5-12,15-16,20,29-31H,2-4,13-14H2,1H3,(H,28,32). The van der Waals surface area contributed by atoms with E-state index in [4.69, 9.17) is 0 Å². The van der Waals surface area contributed by atoms with Crippen molar-refractivity contribution >= 4 is 21.6 Å². The molecule has 2 fully saturated rings. The quantitative estimate of drug-likeness (QED) is 0.361. The van der Waals surface area contributed by atoms with Crippen molar-refractivity contribution in [1.29, 1.82) is 0 Å². The lowest BCUT2D eigenvalue weighted by Crippen LogP contribution is -2.39. The zero-order chi connectivity index (χ0) is 24.8. The van der Waals surface area contributed by atoms with Gasteiger partial charge in [-0.25, -0.2) is 13.1 Å². The maximum atomic E-state index is 13.2. The first-order valence-corrected chi connectivity index (χ1v) is 13.2. The topological polar surface area (TPSA) is 116 Å². The van der Waals surface area contributed by atoms with Gasteiger partial charge in [0.15, 0.2) is 11.5 Å². The molecule has 7 nitrogen and oxygen atoms in total. The Kier molecular flexibility index (Phi) is 5.81. The number of sulfonamides is 1. The highest BCUT2D eigenvalue weighted by atomic mass is 32.2. The second-order valence-corrected chi connectivity index (χ2v) is 11.3. The van der Waals surface area contributed by atoms with E-state index in [0.717, 1.165) is 36.0 Å². The number of phenols is 2. The van der Waals surface area contributed by atoms with Crippen LogP contribution in [0.25, 0.3) is 11.1 Å². The average Bonchev–Trinajstić information content (AvgIpc) is 3.62. The van der Waals surface area contributed by atoms with Crippen LogP contribution in [0.2, 0.25) is 0 Å². The number of benzene rings is 3. The Morgan fingerprint density at radius 2 is 1.66 bits per heavy atom. The van der Waals surface area contributed by atoms with Crippen molar-refractivity contribution in [2.24, 2.45) is 0 Å². The summed E-state index contributed by atoms with van der Waals surface area (Å²) in [6.07, 6.45) is 4.13. The Morgan fingerprint density at radius 1 is 0.943 bits per heavy atom. The molecular formula is C27H28N2O5S. The monoisotopic (exact) mass is 492 g/mol. The number of anilines is 1. The molecule has 2 aliphatic carbocycles. The van der Waals surface area contributed by atoms with E-state index in [2.05, 4.69) is 10.0 Å². The van der Waals surface area contributed by atoms with Gasteiger partial charge in [-0.1, -0.05) is 30.7 Å². The lowest BCUT2D eigenvalue weighted by molar-refractivity contribution is -0.118. The van der Waals surface area contributed by atoms with Crippen LogP contribution in [-0.4, -0.2) is 30.6 Å². The predicted molar refractivity (Wildman–Crippen MR) is 134 cm³/mol. The Morgan fingerprint density at radius 3 is 2.26 bits per heavy atom. The molecule has 0 aliphatic heterocycles. The fourth-order valence-corrected chi connectivity index (χ4v) is 5.79. The summed E-state index contributed by atoms with van der Waals surface area (Å²) in [6.45, 7) is 1.96. The van der Waals surface area contributed by atoms with Crippen molar-refractivity contribution in [1.82, 2.24) is 4.72 Å². The van der Waals surface area contributed by atoms with E-state index in [9.17, 15) is 23.4 Å². The molecule has 182 valence electrons. The molecule has 5 rings (SSSR count). The molecular weight excluding hydrogens is 464 g/mol. The molecule has 1 amide bonds. The van der Waals surface area contributed by atoms with Crippen molar-refractivity contribution in [3.8, 4) is 22.6 Å². The van der Waals surface area contributed by atoms with Gasteiger partial charge < -0.3 is 15.5 Å². The molecule has 3 aromatic carbocycles. The van der Waals surface area contributed by atoms with Gasteiger partial charge in [-0.05, 0) is 91.3 Å². The normalized spacial score (nSPS) is 16.9.